The van der Waals surface area contributed by atoms with Gasteiger partial charge in [-0.2, -0.15) is 0 Å². The Balaban J connectivity index is 1.51. The highest BCUT2D eigenvalue weighted by Gasteiger charge is 2.60. The summed E-state index contributed by atoms with van der Waals surface area (Å²) in [5.74, 6) is 1.06. The van der Waals surface area contributed by atoms with E-state index in [-0.39, 0.29) is 5.54 Å². The Labute approximate surface area is 128 Å². The summed E-state index contributed by atoms with van der Waals surface area (Å²) >= 11 is 0. The Morgan fingerprint density at radius 3 is 2.62 bits per heavy atom. The number of amides is 1. The first kappa shape index (κ1) is 15.3. The fourth-order valence-corrected chi connectivity index (χ4v) is 3.90. The maximum atomic E-state index is 12.7. The predicted octanol–water partition coefficient (Wildman–Crippen LogP) is 2.67. The molecule has 0 aromatic rings. The molecule has 3 rings (SSSR count). The van der Waals surface area contributed by atoms with E-state index < -0.39 is 0 Å². The van der Waals surface area contributed by atoms with E-state index in [1.165, 1.54) is 25.7 Å². The highest BCUT2D eigenvalue weighted by molar-refractivity contribution is 5.91. The van der Waals surface area contributed by atoms with Crippen LogP contribution in [0, 0.1) is 5.92 Å². The highest BCUT2D eigenvalue weighted by atomic mass is 16.5. The van der Waals surface area contributed by atoms with Gasteiger partial charge in [0.1, 0.15) is 0 Å². The maximum absolute atomic E-state index is 12.7. The van der Waals surface area contributed by atoms with E-state index in [1.807, 2.05) is 0 Å². The topological polar surface area (TPSA) is 41.6 Å². The van der Waals surface area contributed by atoms with Crippen molar-refractivity contribution < 1.29 is 9.53 Å². The van der Waals surface area contributed by atoms with Gasteiger partial charge in [0.25, 0.3) is 0 Å². The lowest BCUT2D eigenvalue weighted by molar-refractivity contribution is -0.131. The van der Waals surface area contributed by atoms with Gasteiger partial charge in [0.2, 0.25) is 5.91 Å². The number of hydrogen-bond donors (Lipinski definition) is 1. The summed E-state index contributed by atoms with van der Waals surface area (Å²) in [5.41, 5.74) is -0.151. The molecule has 21 heavy (non-hydrogen) atoms. The van der Waals surface area contributed by atoms with E-state index >= 15 is 0 Å². The molecule has 1 unspecified atom stereocenters. The van der Waals surface area contributed by atoms with Gasteiger partial charge in [0.05, 0.1) is 17.8 Å². The lowest BCUT2D eigenvalue weighted by Gasteiger charge is -2.29. The molecule has 2 saturated carbocycles. The second-order valence-electron chi connectivity index (χ2n) is 7.34. The molecule has 1 saturated heterocycles. The standard InChI is InChI=1S/C17H30N2O2/c1-13(2)21-12-6-5-11-19-15(14-7-3-4-8-14)18-17(9-10-17)16(19)20/h13-15,18H,3-12H2,1-2H3. The predicted molar refractivity (Wildman–Crippen MR) is 82.9 cm³/mol. The van der Waals surface area contributed by atoms with Crippen molar-refractivity contribution >= 4 is 5.91 Å². The van der Waals surface area contributed by atoms with E-state index in [2.05, 4.69) is 24.1 Å². The summed E-state index contributed by atoms with van der Waals surface area (Å²) < 4.78 is 5.59. The fraction of sp³-hybridized carbons (Fsp3) is 0.941. The first-order valence-electron chi connectivity index (χ1n) is 8.83. The first-order chi connectivity index (χ1) is 10.1. The minimum absolute atomic E-state index is 0.151. The Bertz CT molecular complexity index is 373. The van der Waals surface area contributed by atoms with Crippen LogP contribution >= 0.6 is 0 Å². The molecule has 1 aliphatic heterocycles. The zero-order valence-electron chi connectivity index (χ0n) is 13.6. The monoisotopic (exact) mass is 294 g/mol. The number of unbranched alkanes of at least 4 members (excludes halogenated alkanes) is 1. The van der Waals surface area contributed by atoms with Gasteiger partial charge in [-0.15, -0.1) is 0 Å². The molecule has 4 nitrogen and oxygen atoms in total. The van der Waals surface area contributed by atoms with Crippen molar-refractivity contribution in [2.24, 2.45) is 5.92 Å². The Morgan fingerprint density at radius 1 is 1.29 bits per heavy atom. The molecular formula is C17H30N2O2. The molecule has 3 aliphatic rings. The van der Waals surface area contributed by atoms with Crippen LogP contribution in [-0.4, -0.2) is 41.8 Å². The van der Waals surface area contributed by atoms with Crippen molar-refractivity contribution in [2.75, 3.05) is 13.2 Å². The Kier molecular flexibility index (Phi) is 4.55. The molecule has 1 N–H and O–H groups in total. The molecule has 1 atom stereocenters. The van der Waals surface area contributed by atoms with Gasteiger partial charge in [-0.3, -0.25) is 10.1 Å². The summed E-state index contributed by atoms with van der Waals surface area (Å²) in [6, 6.07) is 0. The summed E-state index contributed by atoms with van der Waals surface area (Å²) in [7, 11) is 0. The normalized spacial score (nSPS) is 28.2. The minimum Gasteiger partial charge on any atom is -0.379 e. The Hall–Kier alpha value is -0.610. The quantitative estimate of drug-likeness (QED) is 0.734. The van der Waals surface area contributed by atoms with Crippen LogP contribution in [0.2, 0.25) is 0 Å². The molecule has 1 amide bonds. The van der Waals surface area contributed by atoms with Gasteiger partial charge in [-0.1, -0.05) is 12.8 Å². The van der Waals surface area contributed by atoms with E-state index in [9.17, 15) is 4.79 Å². The van der Waals surface area contributed by atoms with Gasteiger partial charge < -0.3 is 9.64 Å². The molecule has 1 spiro atoms. The Morgan fingerprint density at radius 2 is 2.00 bits per heavy atom. The van der Waals surface area contributed by atoms with Crippen LogP contribution in [0.15, 0.2) is 0 Å². The zero-order chi connectivity index (χ0) is 14.9. The molecular weight excluding hydrogens is 264 g/mol. The van der Waals surface area contributed by atoms with Gasteiger partial charge in [0.15, 0.2) is 0 Å². The number of nitrogens with zero attached hydrogens (tertiary/aromatic N) is 1. The third-order valence-electron chi connectivity index (χ3n) is 5.27. The van der Waals surface area contributed by atoms with Gasteiger partial charge in [-0.25, -0.2) is 0 Å². The smallest absolute Gasteiger partial charge is 0.244 e. The number of carbonyl (C=O) groups is 1. The lowest BCUT2D eigenvalue weighted by Crippen LogP contribution is -2.43. The zero-order valence-corrected chi connectivity index (χ0v) is 13.6. The maximum Gasteiger partial charge on any atom is 0.244 e. The molecule has 2 aliphatic carbocycles. The van der Waals surface area contributed by atoms with Crippen LogP contribution in [-0.2, 0) is 9.53 Å². The largest absolute Gasteiger partial charge is 0.379 e. The van der Waals surface area contributed by atoms with Gasteiger partial charge >= 0.3 is 0 Å². The number of ether oxygens (including phenoxy) is 1. The van der Waals surface area contributed by atoms with E-state index in [0.717, 1.165) is 38.8 Å². The fourth-order valence-electron chi connectivity index (χ4n) is 3.90. The molecule has 3 fully saturated rings. The van der Waals surface area contributed by atoms with Crippen molar-refractivity contribution in [1.82, 2.24) is 10.2 Å². The minimum atomic E-state index is -0.151. The average Bonchev–Trinajstić information content (AvgIpc) is 2.93. The molecule has 120 valence electrons. The number of rotatable bonds is 7. The van der Waals surface area contributed by atoms with Crippen molar-refractivity contribution in [3.63, 3.8) is 0 Å². The van der Waals surface area contributed by atoms with Crippen LogP contribution in [0.25, 0.3) is 0 Å². The second kappa shape index (κ2) is 6.25. The van der Waals surface area contributed by atoms with Crippen LogP contribution in [0.1, 0.15) is 65.2 Å². The second-order valence-corrected chi connectivity index (χ2v) is 7.34. The third-order valence-corrected chi connectivity index (χ3v) is 5.27. The van der Waals surface area contributed by atoms with Gasteiger partial charge in [-0.05, 0) is 58.3 Å². The van der Waals surface area contributed by atoms with E-state index in [1.54, 1.807) is 0 Å². The van der Waals surface area contributed by atoms with E-state index in [4.69, 9.17) is 4.74 Å². The van der Waals surface area contributed by atoms with Gasteiger partial charge in [0, 0.05) is 13.2 Å². The van der Waals surface area contributed by atoms with Crippen molar-refractivity contribution in [2.45, 2.75) is 83.0 Å². The lowest BCUT2D eigenvalue weighted by atomic mass is 10.0. The summed E-state index contributed by atoms with van der Waals surface area (Å²) in [5, 5.41) is 3.69. The molecule has 0 bridgehead atoms. The first-order valence-corrected chi connectivity index (χ1v) is 8.83. The number of nitrogens with one attached hydrogen (secondary N) is 1. The highest BCUT2D eigenvalue weighted by Crippen LogP contribution is 2.45. The molecule has 1 heterocycles. The number of hydrogen-bond acceptors (Lipinski definition) is 3. The van der Waals surface area contributed by atoms with Crippen molar-refractivity contribution in [3.05, 3.63) is 0 Å². The SMILES string of the molecule is CC(C)OCCCCN1C(=O)C2(CC2)NC1C1CCCC1. The van der Waals surface area contributed by atoms with Crippen molar-refractivity contribution in [1.29, 1.82) is 0 Å². The van der Waals surface area contributed by atoms with E-state index in [0.29, 0.717) is 24.1 Å². The van der Waals surface area contributed by atoms with Crippen molar-refractivity contribution in [3.8, 4) is 0 Å². The molecule has 0 aromatic carbocycles. The average molecular weight is 294 g/mol. The summed E-state index contributed by atoms with van der Waals surface area (Å²) in [6.07, 6.45) is 10.0. The van der Waals surface area contributed by atoms with Crippen LogP contribution < -0.4 is 5.32 Å². The summed E-state index contributed by atoms with van der Waals surface area (Å²) in [4.78, 5) is 14.8. The van der Waals surface area contributed by atoms with Crippen LogP contribution in [0.5, 0.6) is 0 Å². The van der Waals surface area contributed by atoms with Crippen LogP contribution in [0.4, 0.5) is 0 Å². The van der Waals surface area contributed by atoms with Crippen LogP contribution in [0.3, 0.4) is 0 Å². The third kappa shape index (κ3) is 3.26. The summed E-state index contributed by atoms with van der Waals surface area (Å²) in [6.45, 7) is 5.85. The number of carbonyl (C=O) groups excluding carboxylic acids is 1. The molecule has 4 heteroatoms. The molecule has 0 aromatic heterocycles. The molecule has 0 radical (unpaired) electrons.